The van der Waals surface area contributed by atoms with Crippen molar-refractivity contribution in [3.8, 4) is 0 Å². The Morgan fingerprint density at radius 2 is 2.13 bits per heavy atom. The zero-order valence-corrected chi connectivity index (χ0v) is 8.98. The summed E-state index contributed by atoms with van der Waals surface area (Å²) < 4.78 is 0. The highest BCUT2D eigenvalue weighted by Gasteiger charge is 2.34. The number of nitrogens with zero attached hydrogens (tertiary/aromatic N) is 2. The third kappa shape index (κ3) is 2.01. The second kappa shape index (κ2) is 3.87. The Balaban J connectivity index is 2.26. The van der Waals surface area contributed by atoms with Gasteiger partial charge in [0, 0.05) is 23.0 Å². The first-order chi connectivity index (χ1) is 7.12. The van der Waals surface area contributed by atoms with E-state index < -0.39 is 0 Å². The first kappa shape index (κ1) is 10.5. The summed E-state index contributed by atoms with van der Waals surface area (Å²) in [7, 11) is 0. The van der Waals surface area contributed by atoms with Gasteiger partial charge in [-0.15, -0.1) is 0 Å². The molecule has 4 nitrogen and oxygen atoms in total. The van der Waals surface area contributed by atoms with Crippen LogP contribution in [0.1, 0.15) is 36.9 Å². The van der Waals surface area contributed by atoms with Gasteiger partial charge in [-0.25, -0.2) is 9.97 Å². The summed E-state index contributed by atoms with van der Waals surface area (Å²) in [5.74, 6) is 0. The van der Waals surface area contributed by atoms with Crippen LogP contribution >= 0.6 is 0 Å². The van der Waals surface area contributed by atoms with Crippen molar-refractivity contribution in [1.29, 1.82) is 0 Å². The third-order valence-corrected chi connectivity index (χ3v) is 3.30. The first-order valence-electron chi connectivity index (χ1n) is 5.36. The van der Waals surface area contributed by atoms with Crippen LogP contribution in [0, 0.1) is 6.92 Å². The van der Waals surface area contributed by atoms with Gasteiger partial charge in [0.1, 0.15) is 6.33 Å². The van der Waals surface area contributed by atoms with Crippen molar-refractivity contribution in [2.24, 2.45) is 5.73 Å². The molecule has 1 aromatic rings. The van der Waals surface area contributed by atoms with E-state index in [1.54, 1.807) is 12.5 Å². The van der Waals surface area contributed by atoms with Gasteiger partial charge < -0.3 is 10.8 Å². The predicted octanol–water partition coefficient (Wildman–Crippen LogP) is 0.874. The molecule has 2 rings (SSSR count). The van der Waals surface area contributed by atoms with Crippen molar-refractivity contribution in [3.63, 3.8) is 0 Å². The Morgan fingerprint density at radius 3 is 2.73 bits per heavy atom. The second-order valence-electron chi connectivity index (χ2n) is 4.41. The standard InChI is InChI=1S/C11H17N3O/c1-8-10(6-13-7-14-8)11(12)4-2-9(15)3-5-11/h6-7,9,15H,2-5,12H2,1H3. The lowest BCUT2D eigenvalue weighted by molar-refractivity contribution is 0.0964. The number of hydrogen-bond acceptors (Lipinski definition) is 4. The van der Waals surface area contributed by atoms with E-state index in [1.807, 2.05) is 6.92 Å². The van der Waals surface area contributed by atoms with Crippen LogP contribution < -0.4 is 5.73 Å². The molecule has 4 heteroatoms. The molecule has 0 spiro atoms. The lowest BCUT2D eigenvalue weighted by Gasteiger charge is -2.36. The average molecular weight is 207 g/mol. The average Bonchev–Trinajstić information content (AvgIpc) is 2.23. The summed E-state index contributed by atoms with van der Waals surface area (Å²) in [6.45, 7) is 1.96. The monoisotopic (exact) mass is 207 g/mol. The number of aromatic nitrogens is 2. The van der Waals surface area contributed by atoms with E-state index in [4.69, 9.17) is 5.73 Å². The lowest BCUT2D eigenvalue weighted by Crippen LogP contribution is -2.42. The number of rotatable bonds is 1. The number of aliphatic hydroxyl groups excluding tert-OH is 1. The van der Waals surface area contributed by atoms with Gasteiger partial charge in [-0.05, 0) is 32.6 Å². The lowest BCUT2D eigenvalue weighted by atomic mass is 9.76. The molecule has 1 aromatic heterocycles. The van der Waals surface area contributed by atoms with Crippen molar-refractivity contribution in [1.82, 2.24) is 9.97 Å². The van der Waals surface area contributed by atoms with Crippen LogP contribution in [0.3, 0.4) is 0 Å². The fourth-order valence-electron chi connectivity index (χ4n) is 2.27. The molecule has 1 aliphatic rings. The first-order valence-corrected chi connectivity index (χ1v) is 5.36. The molecule has 15 heavy (non-hydrogen) atoms. The summed E-state index contributed by atoms with van der Waals surface area (Å²) in [5.41, 5.74) is 7.98. The molecular weight excluding hydrogens is 190 g/mol. The van der Waals surface area contributed by atoms with Crippen LogP contribution in [0.15, 0.2) is 12.5 Å². The van der Waals surface area contributed by atoms with Crippen LogP contribution in [0.5, 0.6) is 0 Å². The van der Waals surface area contributed by atoms with Gasteiger partial charge in [0.15, 0.2) is 0 Å². The van der Waals surface area contributed by atoms with Crippen molar-refractivity contribution in [2.75, 3.05) is 0 Å². The SMILES string of the molecule is Cc1ncncc1C1(N)CCC(O)CC1. The normalized spacial score (nSPS) is 31.5. The van der Waals surface area contributed by atoms with Crippen LogP contribution in [-0.2, 0) is 5.54 Å². The summed E-state index contributed by atoms with van der Waals surface area (Å²) in [4.78, 5) is 8.20. The molecule has 0 bridgehead atoms. The van der Waals surface area contributed by atoms with Gasteiger partial charge in [0.2, 0.25) is 0 Å². The molecule has 1 fully saturated rings. The van der Waals surface area contributed by atoms with E-state index in [2.05, 4.69) is 9.97 Å². The smallest absolute Gasteiger partial charge is 0.115 e. The largest absolute Gasteiger partial charge is 0.393 e. The summed E-state index contributed by atoms with van der Waals surface area (Å²) >= 11 is 0. The third-order valence-electron chi connectivity index (χ3n) is 3.30. The van der Waals surface area contributed by atoms with Crippen molar-refractivity contribution >= 4 is 0 Å². The molecule has 0 unspecified atom stereocenters. The van der Waals surface area contributed by atoms with Crippen LogP contribution in [0.25, 0.3) is 0 Å². The van der Waals surface area contributed by atoms with E-state index in [-0.39, 0.29) is 11.6 Å². The van der Waals surface area contributed by atoms with Gasteiger partial charge in [0.25, 0.3) is 0 Å². The maximum atomic E-state index is 9.47. The Labute approximate surface area is 89.6 Å². The molecule has 82 valence electrons. The number of aliphatic hydroxyl groups is 1. The van der Waals surface area contributed by atoms with E-state index in [0.29, 0.717) is 0 Å². The number of nitrogens with two attached hydrogens (primary N) is 1. The summed E-state index contributed by atoms with van der Waals surface area (Å²) in [6.07, 6.45) is 6.31. The molecule has 1 aliphatic carbocycles. The summed E-state index contributed by atoms with van der Waals surface area (Å²) in [6, 6.07) is 0. The zero-order chi connectivity index (χ0) is 10.9. The zero-order valence-electron chi connectivity index (χ0n) is 8.98. The minimum Gasteiger partial charge on any atom is -0.393 e. The molecule has 0 aromatic carbocycles. The molecule has 0 radical (unpaired) electrons. The summed E-state index contributed by atoms with van der Waals surface area (Å²) in [5, 5.41) is 9.47. The molecule has 3 N–H and O–H groups in total. The molecule has 0 amide bonds. The van der Waals surface area contributed by atoms with Gasteiger partial charge in [-0.2, -0.15) is 0 Å². The van der Waals surface area contributed by atoms with Crippen LogP contribution in [0.4, 0.5) is 0 Å². The number of hydrogen-bond donors (Lipinski definition) is 2. The highest BCUT2D eigenvalue weighted by molar-refractivity contribution is 5.25. The van der Waals surface area contributed by atoms with E-state index in [0.717, 1.165) is 36.9 Å². The number of aryl methyl sites for hydroxylation is 1. The Bertz CT molecular complexity index is 345. The van der Waals surface area contributed by atoms with Gasteiger partial charge in [-0.1, -0.05) is 0 Å². The van der Waals surface area contributed by atoms with E-state index >= 15 is 0 Å². The van der Waals surface area contributed by atoms with Crippen LogP contribution in [0.2, 0.25) is 0 Å². The van der Waals surface area contributed by atoms with Gasteiger partial charge in [0.05, 0.1) is 6.10 Å². The van der Waals surface area contributed by atoms with E-state index in [1.165, 1.54) is 0 Å². The Morgan fingerprint density at radius 1 is 1.47 bits per heavy atom. The Kier molecular flexibility index (Phi) is 2.71. The van der Waals surface area contributed by atoms with E-state index in [9.17, 15) is 5.11 Å². The fraction of sp³-hybridized carbons (Fsp3) is 0.636. The molecule has 1 saturated carbocycles. The van der Waals surface area contributed by atoms with Crippen molar-refractivity contribution < 1.29 is 5.11 Å². The quantitative estimate of drug-likeness (QED) is 0.717. The topological polar surface area (TPSA) is 72.0 Å². The molecule has 0 atom stereocenters. The second-order valence-corrected chi connectivity index (χ2v) is 4.41. The van der Waals surface area contributed by atoms with Crippen LogP contribution in [-0.4, -0.2) is 21.2 Å². The highest BCUT2D eigenvalue weighted by atomic mass is 16.3. The Hall–Kier alpha value is -1.00. The highest BCUT2D eigenvalue weighted by Crippen LogP contribution is 2.35. The fourth-order valence-corrected chi connectivity index (χ4v) is 2.27. The predicted molar refractivity (Wildman–Crippen MR) is 57.1 cm³/mol. The molecule has 0 saturated heterocycles. The maximum absolute atomic E-state index is 9.47. The molecule has 1 heterocycles. The minimum absolute atomic E-state index is 0.188. The molecular formula is C11H17N3O. The molecule has 0 aliphatic heterocycles. The van der Waals surface area contributed by atoms with Crippen molar-refractivity contribution in [2.45, 2.75) is 44.2 Å². The minimum atomic E-state index is -0.343. The van der Waals surface area contributed by atoms with Gasteiger partial charge in [-0.3, -0.25) is 0 Å². The van der Waals surface area contributed by atoms with Crippen molar-refractivity contribution in [3.05, 3.63) is 23.8 Å². The van der Waals surface area contributed by atoms with Gasteiger partial charge >= 0.3 is 0 Å². The maximum Gasteiger partial charge on any atom is 0.115 e.